The fraction of sp³-hybridized carbons (Fsp3) is 0.679. The summed E-state index contributed by atoms with van der Waals surface area (Å²) < 4.78 is 8.30. The number of aromatic nitrogens is 3. The van der Waals surface area contributed by atoms with Gasteiger partial charge < -0.3 is 15.0 Å². The van der Waals surface area contributed by atoms with Gasteiger partial charge in [-0.15, -0.1) is 5.10 Å². The molecular formula is C28H44N6O2. The molecule has 2 aliphatic heterocycles. The van der Waals surface area contributed by atoms with Gasteiger partial charge in [-0.2, -0.15) is 0 Å². The number of carbonyl (C=O) groups excluding carboxylic acids is 1. The van der Waals surface area contributed by atoms with E-state index < -0.39 is 0 Å². The number of amides is 1. The van der Waals surface area contributed by atoms with Crippen molar-refractivity contribution >= 4 is 11.6 Å². The van der Waals surface area contributed by atoms with Crippen LogP contribution in [0.2, 0.25) is 0 Å². The zero-order valence-corrected chi connectivity index (χ0v) is 22.3. The number of hydrogen-bond acceptors (Lipinski definition) is 6. The molecule has 2 aliphatic rings. The summed E-state index contributed by atoms with van der Waals surface area (Å²) in [6, 6.07) is 10.7. The molecular weight excluding hydrogens is 452 g/mol. The molecule has 2 saturated heterocycles. The molecule has 198 valence electrons. The summed E-state index contributed by atoms with van der Waals surface area (Å²) in [5.74, 6) is -0.0190. The molecule has 0 saturated carbocycles. The quantitative estimate of drug-likeness (QED) is 0.447. The molecule has 2 unspecified atom stereocenters. The average molecular weight is 497 g/mol. The van der Waals surface area contributed by atoms with Gasteiger partial charge in [-0.25, -0.2) is 4.68 Å². The summed E-state index contributed by atoms with van der Waals surface area (Å²) >= 11 is 0. The highest BCUT2D eigenvalue weighted by molar-refractivity contribution is 5.78. The standard InChI is InChI=1S/C28H44N6O2/c1-4-5-6-10-15-29-28(35)22(2)26-13-14-27(36-26)23(3)34-21-24(30-31-34)20-32-16-18-33(19-17-32)25-11-8-7-9-12-25/h7-9,11-12,21-23,26-27H,4-6,10,13-20H2,1-3H3,(H,29,35)/t22-,23?,26-,27?/m0/s1. The Morgan fingerprint density at radius 2 is 1.81 bits per heavy atom. The van der Waals surface area contributed by atoms with Gasteiger partial charge in [0.25, 0.3) is 0 Å². The largest absolute Gasteiger partial charge is 0.372 e. The van der Waals surface area contributed by atoms with Gasteiger partial charge >= 0.3 is 0 Å². The van der Waals surface area contributed by atoms with Crippen molar-refractivity contribution in [2.75, 3.05) is 37.6 Å². The van der Waals surface area contributed by atoms with Crippen molar-refractivity contribution in [1.29, 1.82) is 0 Å². The van der Waals surface area contributed by atoms with Crippen molar-refractivity contribution in [3.63, 3.8) is 0 Å². The Hall–Kier alpha value is -2.45. The number of unbranched alkanes of at least 4 members (excludes halogenated alkanes) is 3. The molecule has 1 N–H and O–H groups in total. The molecule has 36 heavy (non-hydrogen) atoms. The first-order chi connectivity index (χ1) is 17.5. The molecule has 4 atom stereocenters. The SMILES string of the molecule is CCCCCCNC(=O)[C@@H](C)[C@@H]1CCC(C(C)n2cc(CN3CCN(c4ccccc4)CC3)nn2)O1. The molecule has 2 fully saturated rings. The third-order valence-corrected chi connectivity index (χ3v) is 7.78. The molecule has 0 aliphatic carbocycles. The minimum atomic E-state index is -0.130. The van der Waals surface area contributed by atoms with Gasteiger partial charge in [0, 0.05) is 45.0 Å². The number of benzene rings is 1. The lowest BCUT2D eigenvalue weighted by molar-refractivity contribution is -0.129. The molecule has 0 spiro atoms. The van der Waals surface area contributed by atoms with E-state index in [0.717, 1.165) is 64.2 Å². The van der Waals surface area contributed by atoms with Crippen LogP contribution in [-0.4, -0.2) is 70.7 Å². The van der Waals surface area contributed by atoms with Crippen LogP contribution in [0.1, 0.15) is 71.0 Å². The number of nitrogens with one attached hydrogen (secondary N) is 1. The normalized spacial score (nSPS) is 22.5. The van der Waals surface area contributed by atoms with Gasteiger partial charge in [-0.3, -0.25) is 9.69 Å². The van der Waals surface area contributed by atoms with Crippen LogP contribution in [0.4, 0.5) is 5.69 Å². The number of rotatable bonds is 12. The number of ether oxygens (including phenoxy) is 1. The van der Waals surface area contributed by atoms with E-state index in [-0.39, 0.29) is 30.1 Å². The first kappa shape index (κ1) is 26.6. The third-order valence-electron chi connectivity index (χ3n) is 7.78. The molecule has 1 aromatic heterocycles. The maximum Gasteiger partial charge on any atom is 0.225 e. The molecule has 8 heteroatoms. The Morgan fingerprint density at radius 3 is 2.56 bits per heavy atom. The molecule has 2 aromatic rings. The minimum absolute atomic E-state index is 0.0306. The first-order valence-electron chi connectivity index (χ1n) is 13.9. The fourth-order valence-electron chi connectivity index (χ4n) is 5.29. The van der Waals surface area contributed by atoms with E-state index in [9.17, 15) is 4.79 Å². The van der Waals surface area contributed by atoms with Gasteiger partial charge in [0.1, 0.15) is 0 Å². The minimum Gasteiger partial charge on any atom is -0.372 e. The van der Waals surface area contributed by atoms with E-state index >= 15 is 0 Å². The van der Waals surface area contributed by atoms with Crippen molar-refractivity contribution in [2.45, 2.75) is 84.1 Å². The van der Waals surface area contributed by atoms with Crippen molar-refractivity contribution in [2.24, 2.45) is 5.92 Å². The average Bonchev–Trinajstić information content (AvgIpc) is 3.59. The van der Waals surface area contributed by atoms with Crippen LogP contribution in [0.5, 0.6) is 0 Å². The second kappa shape index (κ2) is 13.2. The van der Waals surface area contributed by atoms with Gasteiger partial charge in [-0.05, 0) is 38.3 Å². The molecule has 0 radical (unpaired) electrons. The highest BCUT2D eigenvalue weighted by Crippen LogP contribution is 2.31. The van der Waals surface area contributed by atoms with E-state index in [0.29, 0.717) is 0 Å². The molecule has 0 bridgehead atoms. The molecule has 1 aromatic carbocycles. The van der Waals surface area contributed by atoms with Crippen LogP contribution >= 0.6 is 0 Å². The Morgan fingerprint density at radius 1 is 1.06 bits per heavy atom. The van der Waals surface area contributed by atoms with E-state index in [1.807, 2.05) is 11.6 Å². The van der Waals surface area contributed by atoms with E-state index in [1.54, 1.807) is 0 Å². The fourth-order valence-corrected chi connectivity index (χ4v) is 5.29. The topological polar surface area (TPSA) is 75.5 Å². The lowest BCUT2D eigenvalue weighted by Gasteiger charge is -2.35. The monoisotopic (exact) mass is 496 g/mol. The van der Waals surface area contributed by atoms with Crippen molar-refractivity contribution < 1.29 is 9.53 Å². The molecule has 1 amide bonds. The van der Waals surface area contributed by atoms with Crippen molar-refractivity contribution in [3.05, 3.63) is 42.2 Å². The van der Waals surface area contributed by atoms with Gasteiger partial charge in [0.05, 0.1) is 36.1 Å². The third kappa shape index (κ3) is 7.07. The maximum atomic E-state index is 12.6. The summed E-state index contributed by atoms with van der Waals surface area (Å²) in [5.41, 5.74) is 2.30. The number of para-hydroxylation sites is 1. The van der Waals surface area contributed by atoms with Crippen LogP contribution in [0.15, 0.2) is 36.5 Å². The maximum absolute atomic E-state index is 12.6. The molecule has 4 rings (SSSR count). The Kier molecular flexibility index (Phi) is 9.75. The Bertz CT molecular complexity index is 927. The zero-order valence-electron chi connectivity index (χ0n) is 22.3. The van der Waals surface area contributed by atoms with Gasteiger partial charge in [0.2, 0.25) is 5.91 Å². The zero-order chi connectivity index (χ0) is 25.3. The van der Waals surface area contributed by atoms with Crippen LogP contribution in [0.3, 0.4) is 0 Å². The van der Waals surface area contributed by atoms with Crippen LogP contribution in [0.25, 0.3) is 0 Å². The highest BCUT2D eigenvalue weighted by atomic mass is 16.5. The lowest BCUT2D eigenvalue weighted by Crippen LogP contribution is -2.46. The first-order valence-corrected chi connectivity index (χ1v) is 13.9. The number of hydrogen-bond donors (Lipinski definition) is 1. The lowest BCUT2D eigenvalue weighted by atomic mass is 10.00. The van der Waals surface area contributed by atoms with Crippen LogP contribution in [-0.2, 0) is 16.1 Å². The van der Waals surface area contributed by atoms with Gasteiger partial charge in [-0.1, -0.05) is 56.5 Å². The summed E-state index contributed by atoms with van der Waals surface area (Å²) in [6.07, 6.45) is 8.60. The summed E-state index contributed by atoms with van der Waals surface area (Å²) in [6.45, 7) is 12.0. The number of anilines is 1. The smallest absolute Gasteiger partial charge is 0.225 e. The van der Waals surface area contributed by atoms with Crippen molar-refractivity contribution in [3.8, 4) is 0 Å². The van der Waals surface area contributed by atoms with Crippen molar-refractivity contribution in [1.82, 2.24) is 25.2 Å². The highest BCUT2D eigenvalue weighted by Gasteiger charge is 2.36. The molecule has 8 nitrogen and oxygen atoms in total. The summed E-state index contributed by atoms with van der Waals surface area (Å²) in [5, 5.41) is 12.0. The van der Waals surface area contributed by atoms with E-state index in [1.165, 1.54) is 24.9 Å². The predicted molar refractivity (Wildman–Crippen MR) is 143 cm³/mol. The second-order valence-electron chi connectivity index (χ2n) is 10.5. The summed E-state index contributed by atoms with van der Waals surface area (Å²) in [4.78, 5) is 17.5. The van der Waals surface area contributed by atoms with Gasteiger partial charge in [0.15, 0.2) is 0 Å². The number of carbonyl (C=O) groups is 1. The number of piperazine rings is 1. The van der Waals surface area contributed by atoms with Crippen LogP contribution in [0, 0.1) is 5.92 Å². The van der Waals surface area contributed by atoms with E-state index in [4.69, 9.17) is 4.74 Å². The Balaban J connectivity index is 1.20. The predicted octanol–water partition coefficient (Wildman–Crippen LogP) is 4.04. The Labute approximate surface area is 216 Å². The van der Waals surface area contributed by atoms with E-state index in [2.05, 4.69) is 75.8 Å². The number of nitrogens with zero attached hydrogens (tertiary/aromatic N) is 5. The summed E-state index contributed by atoms with van der Waals surface area (Å²) in [7, 11) is 0. The second-order valence-corrected chi connectivity index (χ2v) is 10.5. The van der Waals surface area contributed by atoms with Crippen LogP contribution < -0.4 is 10.2 Å². The molecule has 3 heterocycles.